The van der Waals surface area contributed by atoms with Gasteiger partial charge >= 0.3 is 0 Å². The lowest BCUT2D eigenvalue weighted by molar-refractivity contribution is 1.19. The molecule has 0 aliphatic rings. The monoisotopic (exact) mass is 609 g/mol. The van der Waals surface area contributed by atoms with Crippen LogP contribution in [0.1, 0.15) is 39.0 Å². The fourth-order valence-corrected chi connectivity index (χ4v) is 6.36. The molecule has 0 amide bonds. The SMILES string of the molecule is C=C/C(=C\C)c1cccc(-c2ccc3c4ccc5cc(-c6ccc(/C(C=N)=C/C)nc6)ccc5c4n(-c4ccccc4)c3c2)c1.CC. The highest BCUT2D eigenvalue weighted by atomic mass is 15.0. The highest BCUT2D eigenvalue weighted by Crippen LogP contribution is 2.39. The van der Waals surface area contributed by atoms with E-state index in [0.717, 1.165) is 39.2 Å². The second-order valence-corrected chi connectivity index (χ2v) is 11.1. The van der Waals surface area contributed by atoms with E-state index in [1.54, 1.807) is 0 Å². The van der Waals surface area contributed by atoms with Crippen molar-refractivity contribution in [2.45, 2.75) is 27.7 Å². The van der Waals surface area contributed by atoms with Crippen molar-refractivity contribution in [1.82, 2.24) is 9.55 Å². The van der Waals surface area contributed by atoms with E-state index in [2.05, 4.69) is 131 Å². The van der Waals surface area contributed by atoms with Crippen LogP contribution in [0, 0.1) is 5.41 Å². The molecular weight excluding hydrogens is 571 g/mol. The molecule has 3 nitrogen and oxygen atoms in total. The molecule has 7 aromatic rings. The fraction of sp³-hybridized carbons (Fsp3) is 0.0909. The van der Waals surface area contributed by atoms with Crippen molar-refractivity contribution in [2.75, 3.05) is 0 Å². The van der Waals surface area contributed by atoms with Crippen LogP contribution >= 0.6 is 0 Å². The molecular formula is C44H39N3. The lowest BCUT2D eigenvalue weighted by Gasteiger charge is -2.12. The number of hydrogen-bond acceptors (Lipinski definition) is 2. The van der Waals surface area contributed by atoms with E-state index >= 15 is 0 Å². The Kier molecular flexibility index (Phi) is 9.08. The second kappa shape index (κ2) is 13.7. The molecule has 5 aromatic carbocycles. The number of aromatic nitrogens is 2. The highest BCUT2D eigenvalue weighted by Gasteiger charge is 2.17. The van der Waals surface area contributed by atoms with Crippen molar-refractivity contribution >= 4 is 49.9 Å². The van der Waals surface area contributed by atoms with Gasteiger partial charge in [0.25, 0.3) is 0 Å². The first kappa shape index (κ1) is 31.2. The molecule has 0 unspecified atom stereocenters. The zero-order valence-corrected chi connectivity index (χ0v) is 27.5. The molecule has 0 atom stereocenters. The van der Waals surface area contributed by atoms with Crippen molar-refractivity contribution in [3.8, 4) is 27.9 Å². The molecule has 0 saturated heterocycles. The minimum absolute atomic E-state index is 0.806. The molecule has 3 heteroatoms. The molecule has 0 saturated carbocycles. The lowest BCUT2D eigenvalue weighted by atomic mass is 9.97. The number of hydrogen-bond donors (Lipinski definition) is 1. The largest absolute Gasteiger partial charge is 0.309 e. The normalized spacial score (nSPS) is 11.8. The summed E-state index contributed by atoms with van der Waals surface area (Å²) in [6.45, 7) is 12.0. The number of rotatable bonds is 7. The standard InChI is InChI=1S/C42H33N3.C2H6/c1-4-28(5-2)30-11-10-12-31(23-30)33-16-20-38-39-21-17-34-24-32(35-18-22-40(44-27-35)29(6-3)26-43)15-19-37(34)42(39)45(41(38)25-33)36-13-8-7-9-14-36;1-2/h4-27,43H,1H2,2-3H3;1-2H3/b28-5+,29-6+,43-26?;. The Balaban J connectivity index is 0.00000190. The molecule has 2 aromatic heterocycles. The van der Waals surface area contributed by atoms with E-state index < -0.39 is 0 Å². The Morgan fingerprint density at radius 3 is 2.02 bits per heavy atom. The van der Waals surface area contributed by atoms with E-state index in [4.69, 9.17) is 5.41 Å². The first-order chi connectivity index (χ1) is 23.1. The molecule has 2 heterocycles. The Morgan fingerprint density at radius 1 is 0.660 bits per heavy atom. The molecule has 0 aliphatic heterocycles. The van der Waals surface area contributed by atoms with Crippen molar-refractivity contribution in [1.29, 1.82) is 5.41 Å². The Hall–Kier alpha value is -5.80. The van der Waals surface area contributed by atoms with Crippen LogP contribution < -0.4 is 0 Å². The minimum atomic E-state index is 0.806. The number of nitrogens with one attached hydrogen (secondary N) is 1. The zero-order chi connectivity index (χ0) is 32.9. The van der Waals surface area contributed by atoms with Crippen LogP contribution in [-0.4, -0.2) is 15.8 Å². The maximum atomic E-state index is 7.64. The van der Waals surface area contributed by atoms with Gasteiger partial charge in [-0.15, -0.1) is 0 Å². The average molecular weight is 610 g/mol. The van der Waals surface area contributed by atoms with Gasteiger partial charge in [0.15, 0.2) is 0 Å². The molecule has 230 valence electrons. The molecule has 1 N–H and O–H groups in total. The van der Waals surface area contributed by atoms with E-state index in [0.29, 0.717) is 0 Å². The van der Waals surface area contributed by atoms with E-state index in [-0.39, 0.29) is 0 Å². The third-order valence-electron chi connectivity index (χ3n) is 8.68. The summed E-state index contributed by atoms with van der Waals surface area (Å²) >= 11 is 0. The third kappa shape index (κ3) is 5.73. The molecule has 7 rings (SSSR count). The summed E-state index contributed by atoms with van der Waals surface area (Å²) in [7, 11) is 0. The predicted octanol–water partition coefficient (Wildman–Crippen LogP) is 12.3. The van der Waals surface area contributed by atoms with Crippen molar-refractivity contribution in [3.63, 3.8) is 0 Å². The van der Waals surface area contributed by atoms with Crippen molar-refractivity contribution < 1.29 is 0 Å². The van der Waals surface area contributed by atoms with E-state index in [9.17, 15) is 0 Å². The molecule has 0 bridgehead atoms. The maximum absolute atomic E-state index is 7.64. The Morgan fingerprint density at radius 2 is 1.34 bits per heavy atom. The number of allylic oxidation sites excluding steroid dienone is 5. The Labute approximate surface area is 277 Å². The lowest BCUT2D eigenvalue weighted by Crippen LogP contribution is -1.94. The summed E-state index contributed by atoms with van der Waals surface area (Å²) in [6.07, 6.45) is 9.16. The fourth-order valence-electron chi connectivity index (χ4n) is 6.36. The van der Waals surface area contributed by atoms with Gasteiger partial charge in [-0.3, -0.25) is 4.98 Å². The van der Waals surface area contributed by atoms with Crippen LogP contribution in [0.2, 0.25) is 0 Å². The summed E-state index contributed by atoms with van der Waals surface area (Å²) in [6, 6.07) is 41.4. The molecule has 0 radical (unpaired) electrons. The highest BCUT2D eigenvalue weighted by molar-refractivity contribution is 6.19. The Bertz CT molecular complexity index is 2300. The van der Waals surface area contributed by atoms with Crippen molar-refractivity contribution in [3.05, 3.63) is 158 Å². The van der Waals surface area contributed by atoms with E-state index in [1.165, 1.54) is 49.9 Å². The summed E-state index contributed by atoms with van der Waals surface area (Å²) in [5.74, 6) is 0. The van der Waals surface area contributed by atoms with Crippen LogP contribution in [0.15, 0.2) is 146 Å². The molecule has 47 heavy (non-hydrogen) atoms. The number of para-hydroxylation sites is 1. The van der Waals surface area contributed by atoms with Gasteiger partial charge in [0.1, 0.15) is 0 Å². The van der Waals surface area contributed by atoms with Gasteiger partial charge in [0, 0.05) is 45.4 Å². The summed E-state index contributed by atoms with van der Waals surface area (Å²) < 4.78 is 2.41. The quantitative estimate of drug-likeness (QED) is 0.142. The van der Waals surface area contributed by atoms with Gasteiger partial charge in [0.2, 0.25) is 0 Å². The summed E-state index contributed by atoms with van der Waals surface area (Å²) in [4.78, 5) is 4.64. The van der Waals surface area contributed by atoms with E-state index in [1.807, 2.05) is 52.1 Å². The van der Waals surface area contributed by atoms with Gasteiger partial charge in [0.05, 0.1) is 16.7 Å². The third-order valence-corrected chi connectivity index (χ3v) is 8.68. The van der Waals surface area contributed by atoms with Gasteiger partial charge in [-0.1, -0.05) is 118 Å². The van der Waals surface area contributed by atoms with Gasteiger partial charge < -0.3 is 9.98 Å². The first-order valence-corrected chi connectivity index (χ1v) is 16.2. The van der Waals surface area contributed by atoms with Crippen LogP contribution in [-0.2, 0) is 0 Å². The number of nitrogens with zero attached hydrogens (tertiary/aromatic N) is 2. The number of fused-ring (bicyclic) bond motifs is 5. The molecule has 0 fully saturated rings. The van der Waals surface area contributed by atoms with Gasteiger partial charge in [-0.05, 0) is 83.5 Å². The number of pyridine rings is 1. The summed E-state index contributed by atoms with van der Waals surface area (Å²) in [5, 5.41) is 12.5. The smallest absolute Gasteiger partial charge is 0.0714 e. The second-order valence-electron chi connectivity index (χ2n) is 11.1. The van der Waals surface area contributed by atoms with Crippen molar-refractivity contribution in [2.24, 2.45) is 0 Å². The average Bonchev–Trinajstić information content (AvgIpc) is 3.48. The van der Waals surface area contributed by atoms with Gasteiger partial charge in [-0.25, -0.2) is 0 Å². The minimum Gasteiger partial charge on any atom is -0.309 e. The maximum Gasteiger partial charge on any atom is 0.0714 e. The first-order valence-electron chi connectivity index (χ1n) is 16.2. The zero-order valence-electron chi connectivity index (χ0n) is 27.5. The molecule has 0 aliphatic carbocycles. The molecule has 0 spiro atoms. The summed E-state index contributed by atoms with van der Waals surface area (Å²) in [5.41, 5.74) is 11.9. The predicted molar refractivity (Wildman–Crippen MR) is 205 cm³/mol. The topological polar surface area (TPSA) is 41.7 Å². The van der Waals surface area contributed by atoms with Gasteiger partial charge in [-0.2, -0.15) is 0 Å². The van der Waals surface area contributed by atoms with Crippen LogP contribution in [0.3, 0.4) is 0 Å². The number of benzene rings is 5. The van der Waals surface area contributed by atoms with Crippen LogP contribution in [0.4, 0.5) is 0 Å². The van der Waals surface area contributed by atoms with Crippen LogP contribution in [0.5, 0.6) is 0 Å². The van der Waals surface area contributed by atoms with Crippen LogP contribution in [0.25, 0.3) is 71.7 Å².